The highest BCUT2D eigenvalue weighted by Gasteiger charge is 2.22. The second-order valence-corrected chi connectivity index (χ2v) is 4.72. The third-order valence-corrected chi connectivity index (χ3v) is 3.00. The monoisotopic (exact) mass is 169 g/mol. The standard InChI is InChI=1S/C11H23N/c1-9(2)7-12-8-11-6-4-5-10(11)3/h9-12H,4-8H2,1-3H3/t10-,11-/m0/s1. The molecule has 1 rings (SSSR count). The highest BCUT2D eigenvalue weighted by molar-refractivity contribution is 4.75. The van der Waals surface area contributed by atoms with Crippen LogP contribution in [0.25, 0.3) is 0 Å². The van der Waals surface area contributed by atoms with E-state index in [9.17, 15) is 0 Å². The van der Waals surface area contributed by atoms with E-state index in [2.05, 4.69) is 26.1 Å². The fraction of sp³-hybridized carbons (Fsp3) is 1.00. The zero-order valence-corrected chi connectivity index (χ0v) is 8.77. The van der Waals surface area contributed by atoms with Gasteiger partial charge in [-0.05, 0) is 37.3 Å². The van der Waals surface area contributed by atoms with Gasteiger partial charge in [-0.25, -0.2) is 0 Å². The van der Waals surface area contributed by atoms with Crippen molar-refractivity contribution in [3.8, 4) is 0 Å². The van der Waals surface area contributed by atoms with Crippen LogP contribution in [0.5, 0.6) is 0 Å². The molecule has 0 heterocycles. The van der Waals surface area contributed by atoms with Crippen molar-refractivity contribution in [2.75, 3.05) is 13.1 Å². The molecule has 0 aromatic carbocycles. The topological polar surface area (TPSA) is 12.0 Å². The van der Waals surface area contributed by atoms with Crippen molar-refractivity contribution in [2.45, 2.75) is 40.0 Å². The molecule has 0 radical (unpaired) electrons. The lowest BCUT2D eigenvalue weighted by atomic mass is 9.98. The Balaban J connectivity index is 2.06. The molecule has 0 aromatic heterocycles. The lowest BCUT2D eigenvalue weighted by Gasteiger charge is -2.16. The van der Waals surface area contributed by atoms with Crippen LogP contribution in [-0.2, 0) is 0 Å². The summed E-state index contributed by atoms with van der Waals surface area (Å²) in [4.78, 5) is 0. The van der Waals surface area contributed by atoms with Crippen molar-refractivity contribution in [1.29, 1.82) is 0 Å². The van der Waals surface area contributed by atoms with E-state index in [1.165, 1.54) is 32.4 Å². The van der Waals surface area contributed by atoms with Gasteiger partial charge in [0.1, 0.15) is 0 Å². The van der Waals surface area contributed by atoms with Gasteiger partial charge in [-0.2, -0.15) is 0 Å². The summed E-state index contributed by atoms with van der Waals surface area (Å²) in [6.07, 6.45) is 4.36. The van der Waals surface area contributed by atoms with Gasteiger partial charge >= 0.3 is 0 Å². The number of hydrogen-bond donors (Lipinski definition) is 1. The Bertz CT molecular complexity index is 120. The Morgan fingerprint density at radius 1 is 1.33 bits per heavy atom. The molecule has 1 nitrogen and oxygen atoms in total. The van der Waals surface area contributed by atoms with Crippen LogP contribution in [0.1, 0.15) is 40.0 Å². The van der Waals surface area contributed by atoms with Crippen LogP contribution < -0.4 is 5.32 Å². The first kappa shape index (κ1) is 10.0. The van der Waals surface area contributed by atoms with E-state index in [-0.39, 0.29) is 0 Å². The fourth-order valence-electron chi connectivity index (χ4n) is 2.08. The SMILES string of the molecule is CC(C)CNC[C@@H]1CCC[C@@H]1C. The molecular formula is C11H23N. The van der Waals surface area contributed by atoms with Crippen LogP contribution >= 0.6 is 0 Å². The van der Waals surface area contributed by atoms with Gasteiger partial charge in [-0.3, -0.25) is 0 Å². The molecule has 0 aromatic rings. The summed E-state index contributed by atoms with van der Waals surface area (Å²) in [6.45, 7) is 9.37. The van der Waals surface area contributed by atoms with Crippen molar-refractivity contribution >= 4 is 0 Å². The molecule has 1 fully saturated rings. The maximum absolute atomic E-state index is 3.56. The van der Waals surface area contributed by atoms with Crippen molar-refractivity contribution < 1.29 is 0 Å². The van der Waals surface area contributed by atoms with Crippen LogP contribution in [0.2, 0.25) is 0 Å². The minimum atomic E-state index is 0.793. The van der Waals surface area contributed by atoms with Crippen molar-refractivity contribution in [3.63, 3.8) is 0 Å². The van der Waals surface area contributed by atoms with Crippen molar-refractivity contribution in [2.24, 2.45) is 17.8 Å². The highest BCUT2D eigenvalue weighted by Crippen LogP contribution is 2.30. The second-order valence-electron chi connectivity index (χ2n) is 4.72. The van der Waals surface area contributed by atoms with Gasteiger partial charge in [-0.15, -0.1) is 0 Å². The van der Waals surface area contributed by atoms with Crippen LogP contribution in [0.3, 0.4) is 0 Å². The molecule has 0 spiro atoms. The van der Waals surface area contributed by atoms with Gasteiger partial charge in [0.15, 0.2) is 0 Å². The van der Waals surface area contributed by atoms with Crippen molar-refractivity contribution in [3.05, 3.63) is 0 Å². The molecule has 0 unspecified atom stereocenters. The minimum Gasteiger partial charge on any atom is -0.316 e. The molecule has 0 amide bonds. The molecule has 72 valence electrons. The van der Waals surface area contributed by atoms with Gasteiger partial charge in [0.25, 0.3) is 0 Å². The molecule has 1 N–H and O–H groups in total. The summed E-state index contributed by atoms with van der Waals surface area (Å²) < 4.78 is 0. The lowest BCUT2D eigenvalue weighted by molar-refractivity contribution is 0.382. The molecule has 1 saturated carbocycles. The number of hydrogen-bond acceptors (Lipinski definition) is 1. The predicted molar refractivity (Wildman–Crippen MR) is 54.2 cm³/mol. The molecule has 2 atom stereocenters. The van der Waals surface area contributed by atoms with Gasteiger partial charge in [0.2, 0.25) is 0 Å². The summed E-state index contributed by atoms with van der Waals surface area (Å²) in [5.74, 6) is 2.72. The first-order valence-corrected chi connectivity index (χ1v) is 5.41. The van der Waals surface area contributed by atoms with E-state index in [4.69, 9.17) is 0 Å². The third-order valence-electron chi connectivity index (χ3n) is 3.00. The van der Waals surface area contributed by atoms with E-state index in [1.807, 2.05) is 0 Å². The average Bonchev–Trinajstić information content (AvgIpc) is 2.36. The predicted octanol–water partition coefficient (Wildman–Crippen LogP) is 2.67. The Kier molecular flexibility index (Phi) is 4.07. The van der Waals surface area contributed by atoms with Crippen molar-refractivity contribution in [1.82, 2.24) is 5.32 Å². The largest absolute Gasteiger partial charge is 0.316 e. The lowest BCUT2D eigenvalue weighted by Crippen LogP contribution is -2.27. The average molecular weight is 169 g/mol. The zero-order valence-electron chi connectivity index (χ0n) is 8.77. The summed E-state index contributed by atoms with van der Waals surface area (Å²) in [5.41, 5.74) is 0. The Morgan fingerprint density at radius 2 is 2.08 bits per heavy atom. The Morgan fingerprint density at radius 3 is 2.58 bits per heavy atom. The highest BCUT2D eigenvalue weighted by atomic mass is 14.9. The third kappa shape index (κ3) is 3.14. The molecule has 0 saturated heterocycles. The molecular weight excluding hydrogens is 146 g/mol. The summed E-state index contributed by atoms with van der Waals surface area (Å²) in [7, 11) is 0. The van der Waals surface area contributed by atoms with Crippen LogP contribution in [-0.4, -0.2) is 13.1 Å². The van der Waals surface area contributed by atoms with Crippen LogP contribution in [0.15, 0.2) is 0 Å². The van der Waals surface area contributed by atoms with E-state index in [0.717, 1.165) is 17.8 Å². The number of nitrogens with one attached hydrogen (secondary N) is 1. The molecule has 1 aliphatic rings. The second kappa shape index (κ2) is 4.86. The van der Waals surface area contributed by atoms with E-state index in [0.29, 0.717) is 0 Å². The summed E-state index contributed by atoms with van der Waals surface area (Å²) in [5, 5.41) is 3.56. The maximum atomic E-state index is 3.56. The molecule has 1 heteroatoms. The van der Waals surface area contributed by atoms with Gasteiger partial charge in [0, 0.05) is 0 Å². The zero-order chi connectivity index (χ0) is 8.97. The normalized spacial score (nSPS) is 30.0. The molecule has 1 aliphatic carbocycles. The Labute approximate surface area is 76.9 Å². The van der Waals surface area contributed by atoms with Gasteiger partial charge < -0.3 is 5.32 Å². The van der Waals surface area contributed by atoms with Crippen LogP contribution in [0, 0.1) is 17.8 Å². The quantitative estimate of drug-likeness (QED) is 0.682. The first-order valence-electron chi connectivity index (χ1n) is 5.41. The van der Waals surface area contributed by atoms with E-state index >= 15 is 0 Å². The van der Waals surface area contributed by atoms with E-state index < -0.39 is 0 Å². The van der Waals surface area contributed by atoms with Crippen LogP contribution in [0.4, 0.5) is 0 Å². The fourth-order valence-corrected chi connectivity index (χ4v) is 2.08. The molecule has 0 bridgehead atoms. The first-order chi connectivity index (χ1) is 5.70. The van der Waals surface area contributed by atoms with E-state index in [1.54, 1.807) is 0 Å². The minimum absolute atomic E-state index is 0.793. The summed E-state index contributed by atoms with van der Waals surface area (Å²) in [6, 6.07) is 0. The van der Waals surface area contributed by atoms with Gasteiger partial charge in [0.05, 0.1) is 0 Å². The maximum Gasteiger partial charge on any atom is -0.00179 e. The molecule has 12 heavy (non-hydrogen) atoms. The number of rotatable bonds is 4. The Hall–Kier alpha value is -0.0400. The smallest absolute Gasteiger partial charge is 0.00179 e. The van der Waals surface area contributed by atoms with Gasteiger partial charge in [-0.1, -0.05) is 33.6 Å². The molecule has 0 aliphatic heterocycles. The summed E-state index contributed by atoms with van der Waals surface area (Å²) >= 11 is 0.